The van der Waals surface area contributed by atoms with Crippen molar-refractivity contribution in [2.24, 2.45) is 0 Å². The van der Waals surface area contributed by atoms with E-state index in [1.54, 1.807) is 12.3 Å². The first-order valence-corrected chi connectivity index (χ1v) is 7.12. The molecule has 0 unspecified atom stereocenters. The highest BCUT2D eigenvalue weighted by atomic mass is 16.1. The lowest BCUT2D eigenvalue weighted by Gasteiger charge is -2.20. The molecule has 1 amide bonds. The highest BCUT2D eigenvalue weighted by molar-refractivity contribution is 5.95. The topological polar surface area (TPSA) is 71.2 Å². The standard InChI is InChI=1S/C15H26N4O/c1-11(2)19(4)8-6-5-7-17-15(20)14-9-13(16)10-18-12(14)3/h9-11H,5-8,16H2,1-4H3,(H,17,20). The molecule has 1 aromatic rings. The summed E-state index contributed by atoms with van der Waals surface area (Å²) >= 11 is 0. The van der Waals surface area contributed by atoms with Crippen LogP contribution in [0.15, 0.2) is 12.3 Å². The van der Waals surface area contributed by atoms with E-state index >= 15 is 0 Å². The van der Waals surface area contributed by atoms with E-state index in [4.69, 9.17) is 5.73 Å². The first-order valence-electron chi connectivity index (χ1n) is 7.12. The highest BCUT2D eigenvalue weighted by Gasteiger charge is 2.09. The van der Waals surface area contributed by atoms with Gasteiger partial charge >= 0.3 is 0 Å². The fraction of sp³-hybridized carbons (Fsp3) is 0.600. The molecule has 5 nitrogen and oxygen atoms in total. The molecule has 0 aliphatic carbocycles. The van der Waals surface area contributed by atoms with Gasteiger partial charge in [-0.2, -0.15) is 0 Å². The maximum absolute atomic E-state index is 12.0. The first-order chi connectivity index (χ1) is 9.41. The van der Waals surface area contributed by atoms with Crippen LogP contribution in [0.5, 0.6) is 0 Å². The van der Waals surface area contributed by atoms with Crippen LogP contribution < -0.4 is 11.1 Å². The summed E-state index contributed by atoms with van der Waals surface area (Å²) in [5.41, 5.74) is 7.43. The third kappa shape index (κ3) is 5.17. The molecule has 112 valence electrons. The Morgan fingerprint density at radius 1 is 1.45 bits per heavy atom. The lowest BCUT2D eigenvalue weighted by Crippen LogP contribution is -2.29. The fourth-order valence-electron chi connectivity index (χ4n) is 1.82. The second-order valence-electron chi connectivity index (χ2n) is 5.44. The molecule has 0 saturated heterocycles. The molecule has 0 saturated carbocycles. The summed E-state index contributed by atoms with van der Waals surface area (Å²) in [6.07, 6.45) is 3.61. The molecule has 3 N–H and O–H groups in total. The monoisotopic (exact) mass is 278 g/mol. The fourth-order valence-corrected chi connectivity index (χ4v) is 1.82. The van der Waals surface area contributed by atoms with E-state index in [1.165, 1.54) is 0 Å². The molecular formula is C15H26N4O. The van der Waals surface area contributed by atoms with E-state index in [9.17, 15) is 4.79 Å². The van der Waals surface area contributed by atoms with Crippen molar-refractivity contribution >= 4 is 11.6 Å². The molecule has 1 rings (SSSR count). The number of unbranched alkanes of at least 4 members (excludes halogenated alkanes) is 1. The van der Waals surface area contributed by atoms with Gasteiger partial charge in [-0.25, -0.2) is 0 Å². The number of hydrogen-bond acceptors (Lipinski definition) is 4. The zero-order valence-corrected chi connectivity index (χ0v) is 12.9. The zero-order valence-electron chi connectivity index (χ0n) is 12.9. The molecule has 5 heteroatoms. The zero-order chi connectivity index (χ0) is 15.1. The number of nitrogens with zero attached hydrogens (tertiary/aromatic N) is 2. The number of nitrogens with two attached hydrogens (primary N) is 1. The predicted octanol–water partition coefficient (Wildman–Crippen LogP) is 1.82. The van der Waals surface area contributed by atoms with Crippen LogP contribution in [-0.4, -0.2) is 42.0 Å². The van der Waals surface area contributed by atoms with Gasteiger partial charge in [-0.1, -0.05) is 0 Å². The van der Waals surface area contributed by atoms with Crippen molar-refractivity contribution < 1.29 is 4.79 Å². The van der Waals surface area contributed by atoms with Crippen LogP contribution in [0.4, 0.5) is 5.69 Å². The second-order valence-corrected chi connectivity index (χ2v) is 5.44. The Morgan fingerprint density at radius 2 is 2.15 bits per heavy atom. The molecule has 20 heavy (non-hydrogen) atoms. The molecule has 1 aromatic heterocycles. The smallest absolute Gasteiger partial charge is 0.253 e. The summed E-state index contributed by atoms with van der Waals surface area (Å²) in [7, 11) is 2.12. The van der Waals surface area contributed by atoms with Crippen LogP contribution in [0, 0.1) is 6.92 Å². The minimum absolute atomic E-state index is 0.0977. The SMILES string of the molecule is Cc1ncc(N)cc1C(=O)NCCCCN(C)C(C)C. The van der Waals surface area contributed by atoms with E-state index in [0.29, 0.717) is 29.5 Å². The molecule has 0 radical (unpaired) electrons. The summed E-state index contributed by atoms with van der Waals surface area (Å²) in [5.74, 6) is -0.0977. The van der Waals surface area contributed by atoms with E-state index < -0.39 is 0 Å². The summed E-state index contributed by atoms with van der Waals surface area (Å²) in [6.45, 7) is 7.89. The number of aromatic nitrogens is 1. The van der Waals surface area contributed by atoms with Crippen molar-refractivity contribution in [1.82, 2.24) is 15.2 Å². The molecule has 0 aliphatic heterocycles. The van der Waals surface area contributed by atoms with Crippen molar-refractivity contribution in [3.05, 3.63) is 23.5 Å². The molecule has 0 bridgehead atoms. The number of nitrogen functional groups attached to an aromatic ring is 1. The third-order valence-electron chi connectivity index (χ3n) is 3.46. The van der Waals surface area contributed by atoms with Crippen molar-refractivity contribution in [3.8, 4) is 0 Å². The van der Waals surface area contributed by atoms with Crippen LogP contribution in [0.25, 0.3) is 0 Å². The Labute approximate surface area is 121 Å². The molecule has 0 spiro atoms. The van der Waals surface area contributed by atoms with Gasteiger partial charge in [0, 0.05) is 12.6 Å². The minimum atomic E-state index is -0.0977. The summed E-state index contributed by atoms with van der Waals surface area (Å²) in [5, 5.41) is 2.92. The maximum Gasteiger partial charge on any atom is 0.253 e. The van der Waals surface area contributed by atoms with E-state index in [2.05, 4.69) is 36.1 Å². The second kappa shape index (κ2) is 7.85. The molecule has 0 atom stereocenters. The summed E-state index contributed by atoms with van der Waals surface area (Å²) < 4.78 is 0. The van der Waals surface area contributed by atoms with Gasteiger partial charge in [-0.3, -0.25) is 9.78 Å². The summed E-state index contributed by atoms with van der Waals surface area (Å²) in [4.78, 5) is 18.4. The van der Waals surface area contributed by atoms with Gasteiger partial charge < -0.3 is 16.0 Å². The number of pyridine rings is 1. The van der Waals surface area contributed by atoms with Crippen molar-refractivity contribution in [1.29, 1.82) is 0 Å². The molecule has 0 aromatic carbocycles. The lowest BCUT2D eigenvalue weighted by molar-refractivity contribution is 0.0951. The average Bonchev–Trinajstić information content (AvgIpc) is 2.40. The largest absolute Gasteiger partial charge is 0.397 e. The third-order valence-corrected chi connectivity index (χ3v) is 3.46. The Hall–Kier alpha value is -1.62. The Balaban J connectivity index is 2.32. The number of hydrogen-bond donors (Lipinski definition) is 2. The van der Waals surface area contributed by atoms with Gasteiger partial charge in [0.25, 0.3) is 5.91 Å². The number of anilines is 1. The van der Waals surface area contributed by atoms with Gasteiger partial charge in [0.05, 0.1) is 23.1 Å². The Morgan fingerprint density at radius 3 is 2.80 bits per heavy atom. The molecular weight excluding hydrogens is 252 g/mol. The number of rotatable bonds is 7. The predicted molar refractivity (Wildman–Crippen MR) is 82.7 cm³/mol. The van der Waals surface area contributed by atoms with Crippen LogP contribution in [0.2, 0.25) is 0 Å². The normalized spacial score (nSPS) is 11.1. The number of carbonyl (C=O) groups is 1. The van der Waals surface area contributed by atoms with E-state index in [-0.39, 0.29) is 5.91 Å². The van der Waals surface area contributed by atoms with Gasteiger partial charge in [0.1, 0.15) is 0 Å². The van der Waals surface area contributed by atoms with Gasteiger partial charge in [-0.15, -0.1) is 0 Å². The lowest BCUT2D eigenvalue weighted by atomic mass is 10.1. The van der Waals surface area contributed by atoms with Gasteiger partial charge in [0.2, 0.25) is 0 Å². The van der Waals surface area contributed by atoms with Gasteiger partial charge in [0.15, 0.2) is 0 Å². The molecule has 0 aliphatic rings. The van der Waals surface area contributed by atoms with Crippen LogP contribution in [0.3, 0.4) is 0 Å². The summed E-state index contributed by atoms with van der Waals surface area (Å²) in [6, 6.07) is 2.23. The van der Waals surface area contributed by atoms with Crippen molar-refractivity contribution in [3.63, 3.8) is 0 Å². The minimum Gasteiger partial charge on any atom is -0.397 e. The molecule has 0 fully saturated rings. The average molecular weight is 278 g/mol. The van der Waals surface area contributed by atoms with Gasteiger partial charge in [-0.05, 0) is 53.3 Å². The number of carbonyl (C=O) groups excluding carboxylic acids is 1. The first kappa shape index (κ1) is 16.4. The molecule has 1 heterocycles. The quantitative estimate of drug-likeness (QED) is 0.746. The Bertz CT molecular complexity index is 445. The number of amides is 1. The Kier molecular flexibility index (Phi) is 6.45. The number of nitrogens with one attached hydrogen (secondary N) is 1. The maximum atomic E-state index is 12.0. The van der Waals surface area contributed by atoms with E-state index in [1.807, 2.05) is 6.92 Å². The van der Waals surface area contributed by atoms with E-state index in [0.717, 1.165) is 19.4 Å². The highest BCUT2D eigenvalue weighted by Crippen LogP contribution is 2.09. The van der Waals surface area contributed by atoms with Crippen LogP contribution in [0.1, 0.15) is 42.7 Å². The van der Waals surface area contributed by atoms with Crippen LogP contribution >= 0.6 is 0 Å². The van der Waals surface area contributed by atoms with Crippen molar-refractivity contribution in [2.45, 2.75) is 39.7 Å². The van der Waals surface area contributed by atoms with Crippen molar-refractivity contribution in [2.75, 3.05) is 25.9 Å². The van der Waals surface area contributed by atoms with Crippen LogP contribution in [-0.2, 0) is 0 Å². The number of aryl methyl sites for hydroxylation is 1.